The topological polar surface area (TPSA) is 49.9 Å². The number of nitrogens with zero attached hydrogens (tertiary/aromatic N) is 2. The van der Waals surface area contributed by atoms with Crippen LogP contribution in [0.2, 0.25) is 0 Å². The molecule has 0 aromatic heterocycles. The molecule has 2 heterocycles. The van der Waals surface area contributed by atoms with Gasteiger partial charge in [-0.3, -0.25) is 9.59 Å². The molecule has 0 radical (unpaired) electrons. The van der Waals surface area contributed by atoms with Gasteiger partial charge in [-0.05, 0) is 51.4 Å². The molecular formula is C19H32N2O3. The standard InChI is InChI=1S/C19H32N2O3/c1-2-17-5-3-4-10-21(17)19(23)16-8-6-15(7-9-16)18(22)20-11-13-24-14-12-20/h15-17H,2-14H2,1H3. The third-order valence-electron chi connectivity index (χ3n) is 6.13. The first-order valence-electron chi connectivity index (χ1n) is 9.87. The molecule has 0 bridgehead atoms. The van der Waals surface area contributed by atoms with E-state index in [1.165, 1.54) is 6.42 Å². The molecule has 2 saturated heterocycles. The molecule has 0 aromatic rings. The highest BCUT2D eigenvalue weighted by atomic mass is 16.5. The lowest BCUT2D eigenvalue weighted by Crippen LogP contribution is -2.48. The Morgan fingerprint density at radius 2 is 1.50 bits per heavy atom. The zero-order valence-corrected chi connectivity index (χ0v) is 15.0. The second-order valence-corrected chi connectivity index (χ2v) is 7.58. The Labute approximate surface area is 145 Å². The summed E-state index contributed by atoms with van der Waals surface area (Å²) in [6.07, 6.45) is 8.13. The molecule has 0 spiro atoms. The number of ether oxygens (including phenoxy) is 1. The number of morpholine rings is 1. The summed E-state index contributed by atoms with van der Waals surface area (Å²) in [7, 11) is 0. The van der Waals surface area contributed by atoms with Gasteiger partial charge in [0.1, 0.15) is 0 Å². The Morgan fingerprint density at radius 1 is 0.875 bits per heavy atom. The molecule has 5 nitrogen and oxygen atoms in total. The van der Waals surface area contributed by atoms with E-state index in [4.69, 9.17) is 4.74 Å². The maximum atomic E-state index is 12.9. The Bertz CT molecular complexity index is 440. The number of amides is 2. The van der Waals surface area contributed by atoms with Crippen LogP contribution in [0.5, 0.6) is 0 Å². The number of hydrogen-bond acceptors (Lipinski definition) is 3. The van der Waals surface area contributed by atoms with E-state index in [-0.39, 0.29) is 17.7 Å². The Kier molecular flexibility index (Phi) is 6.14. The predicted molar refractivity (Wildman–Crippen MR) is 92.5 cm³/mol. The molecule has 3 aliphatic rings. The molecule has 3 fully saturated rings. The first-order chi connectivity index (χ1) is 11.7. The van der Waals surface area contributed by atoms with Crippen molar-refractivity contribution in [2.45, 2.75) is 64.3 Å². The van der Waals surface area contributed by atoms with Gasteiger partial charge in [0.25, 0.3) is 0 Å². The number of carbonyl (C=O) groups is 2. The zero-order chi connectivity index (χ0) is 16.9. The van der Waals surface area contributed by atoms with Gasteiger partial charge >= 0.3 is 0 Å². The van der Waals surface area contributed by atoms with Crippen molar-refractivity contribution >= 4 is 11.8 Å². The lowest BCUT2D eigenvalue weighted by Gasteiger charge is -2.39. The van der Waals surface area contributed by atoms with E-state index in [2.05, 4.69) is 11.8 Å². The maximum absolute atomic E-state index is 12.9. The van der Waals surface area contributed by atoms with E-state index in [1.54, 1.807) is 0 Å². The second-order valence-electron chi connectivity index (χ2n) is 7.58. The molecule has 24 heavy (non-hydrogen) atoms. The average molecular weight is 336 g/mol. The number of hydrogen-bond donors (Lipinski definition) is 0. The van der Waals surface area contributed by atoms with Gasteiger partial charge in [-0.2, -0.15) is 0 Å². The largest absolute Gasteiger partial charge is 0.378 e. The number of piperidine rings is 1. The average Bonchev–Trinajstić information content (AvgIpc) is 2.67. The van der Waals surface area contributed by atoms with Gasteiger partial charge in [0.2, 0.25) is 11.8 Å². The van der Waals surface area contributed by atoms with Crippen molar-refractivity contribution in [2.24, 2.45) is 11.8 Å². The lowest BCUT2D eigenvalue weighted by molar-refractivity contribution is -0.145. The summed E-state index contributed by atoms with van der Waals surface area (Å²) in [5.41, 5.74) is 0. The molecular weight excluding hydrogens is 304 g/mol. The van der Waals surface area contributed by atoms with Crippen LogP contribution < -0.4 is 0 Å². The van der Waals surface area contributed by atoms with Crippen molar-refractivity contribution in [3.63, 3.8) is 0 Å². The molecule has 0 N–H and O–H groups in total. The van der Waals surface area contributed by atoms with E-state index in [1.807, 2.05) is 4.90 Å². The predicted octanol–water partition coefficient (Wildman–Crippen LogP) is 2.44. The van der Waals surface area contributed by atoms with Crippen molar-refractivity contribution < 1.29 is 14.3 Å². The van der Waals surface area contributed by atoms with Crippen molar-refractivity contribution in [2.75, 3.05) is 32.8 Å². The summed E-state index contributed by atoms with van der Waals surface area (Å²) in [6, 6.07) is 0.443. The summed E-state index contributed by atoms with van der Waals surface area (Å²) in [4.78, 5) is 29.6. The van der Waals surface area contributed by atoms with Crippen LogP contribution >= 0.6 is 0 Å². The Morgan fingerprint density at radius 3 is 2.12 bits per heavy atom. The monoisotopic (exact) mass is 336 g/mol. The molecule has 2 amide bonds. The van der Waals surface area contributed by atoms with Crippen molar-refractivity contribution in [3.05, 3.63) is 0 Å². The van der Waals surface area contributed by atoms with Crippen LogP contribution in [-0.2, 0) is 14.3 Å². The summed E-state index contributed by atoms with van der Waals surface area (Å²) in [6.45, 7) is 5.89. The normalized spacial score (nSPS) is 31.8. The fourth-order valence-corrected chi connectivity index (χ4v) is 4.58. The minimum Gasteiger partial charge on any atom is -0.378 e. The summed E-state index contributed by atoms with van der Waals surface area (Å²) < 4.78 is 5.33. The van der Waals surface area contributed by atoms with Gasteiger partial charge in [0, 0.05) is 37.5 Å². The lowest BCUT2D eigenvalue weighted by atomic mass is 9.80. The quantitative estimate of drug-likeness (QED) is 0.795. The molecule has 5 heteroatoms. The van der Waals surface area contributed by atoms with Crippen molar-refractivity contribution in [1.82, 2.24) is 9.80 Å². The molecule has 2 aliphatic heterocycles. The van der Waals surface area contributed by atoms with Gasteiger partial charge in [-0.15, -0.1) is 0 Å². The molecule has 1 atom stereocenters. The van der Waals surface area contributed by atoms with E-state index in [0.29, 0.717) is 25.2 Å². The molecule has 1 saturated carbocycles. The zero-order valence-electron chi connectivity index (χ0n) is 15.0. The van der Waals surface area contributed by atoms with Gasteiger partial charge in [-0.25, -0.2) is 0 Å². The van der Waals surface area contributed by atoms with Crippen LogP contribution in [0, 0.1) is 11.8 Å². The summed E-state index contributed by atoms with van der Waals surface area (Å²) in [5, 5.41) is 0. The molecule has 0 aromatic carbocycles. The van der Waals surface area contributed by atoms with E-state index >= 15 is 0 Å². The summed E-state index contributed by atoms with van der Waals surface area (Å²) >= 11 is 0. The van der Waals surface area contributed by atoms with Crippen LogP contribution in [0.25, 0.3) is 0 Å². The van der Waals surface area contributed by atoms with Gasteiger partial charge in [-0.1, -0.05) is 6.92 Å². The maximum Gasteiger partial charge on any atom is 0.225 e. The highest BCUT2D eigenvalue weighted by Gasteiger charge is 2.36. The Hall–Kier alpha value is -1.10. The molecule has 1 unspecified atom stereocenters. The third kappa shape index (κ3) is 3.93. The highest BCUT2D eigenvalue weighted by molar-refractivity contribution is 5.81. The Balaban J connectivity index is 1.50. The third-order valence-corrected chi connectivity index (χ3v) is 6.13. The highest BCUT2D eigenvalue weighted by Crippen LogP contribution is 2.33. The minimum atomic E-state index is 0.121. The van der Waals surface area contributed by atoms with Crippen LogP contribution in [0.4, 0.5) is 0 Å². The fourth-order valence-electron chi connectivity index (χ4n) is 4.58. The molecule has 3 rings (SSSR count). The first-order valence-corrected chi connectivity index (χ1v) is 9.87. The smallest absolute Gasteiger partial charge is 0.225 e. The van der Waals surface area contributed by atoms with Crippen molar-refractivity contribution in [3.8, 4) is 0 Å². The van der Waals surface area contributed by atoms with Crippen LogP contribution in [0.1, 0.15) is 58.3 Å². The SMILES string of the molecule is CCC1CCCCN1C(=O)C1CCC(C(=O)N2CCOCC2)CC1. The van der Waals surface area contributed by atoms with Crippen molar-refractivity contribution in [1.29, 1.82) is 0 Å². The van der Waals surface area contributed by atoms with Gasteiger partial charge in [0.05, 0.1) is 13.2 Å². The van der Waals surface area contributed by atoms with E-state index in [0.717, 1.165) is 64.6 Å². The van der Waals surface area contributed by atoms with Gasteiger partial charge in [0.15, 0.2) is 0 Å². The number of rotatable bonds is 3. The second kappa shape index (κ2) is 8.32. The van der Waals surface area contributed by atoms with E-state index in [9.17, 15) is 9.59 Å². The summed E-state index contributed by atoms with van der Waals surface area (Å²) in [5.74, 6) is 0.911. The number of carbonyl (C=O) groups excluding carboxylic acids is 2. The fraction of sp³-hybridized carbons (Fsp3) is 0.895. The van der Waals surface area contributed by atoms with Crippen LogP contribution in [0.3, 0.4) is 0 Å². The van der Waals surface area contributed by atoms with E-state index < -0.39 is 0 Å². The molecule has 136 valence electrons. The first kappa shape index (κ1) is 17.7. The van der Waals surface area contributed by atoms with Gasteiger partial charge < -0.3 is 14.5 Å². The minimum absolute atomic E-state index is 0.121. The molecule has 1 aliphatic carbocycles. The van der Waals surface area contributed by atoms with Crippen LogP contribution in [0.15, 0.2) is 0 Å². The number of likely N-dealkylation sites (tertiary alicyclic amines) is 1. The van der Waals surface area contributed by atoms with Crippen LogP contribution in [-0.4, -0.2) is 60.5 Å².